The number of aliphatic hydroxyl groups excluding tert-OH is 1. The molecule has 2 nitrogen and oxygen atoms in total. The van der Waals surface area contributed by atoms with E-state index in [1.54, 1.807) is 0 Å². The van der Waals surface area contributed by atoms with Gasteiger partial charge in [-0.15, -0.1) is 0 Å². The van der Waals surface area contributed by atoms with Gasteiger partial charge in [-0.1, -0.05) is 74.5 Å². The van der Waals surface area contributed by atoms with Gasteiger partial charge in [0.15, 0.2) is 0 Å². The fraction of sp³-hybridized carbons (Fsp3) is 0.368. The first-order valence-corrected chi connectivity index (χ1v) is 7.66. The maximum absolute atomic E-state index is 9.64. The van der Waals surface area contributed by atoms with Gasteiger partial charge in [-0.3, -0.25) is 0 Å². The Morgan fingerprint density at radius 3 is 1.86 bits per heavy atom. The Morgan fingerprint density at radius 1 is 0.857 bits per heavy atom. The third-order valence-electron chi connectivity index (χ3n) is 4.00. The minimum absolute atomic E-state index is 0.00355. The Bertz CT molecular complexity index is 510. The Morgan fingerprint density at radius 2 is 1.38 bits per heavy atom. The molecule has 0 aliphatic rings. The van der Waals surface area contributed by atoms with Gasteiger partial charge in [0, 0.05) is 6.54 Å². The van der Waals surface area contributed by atoms with Gasteiger partial charge in [0.05, 0.1) is 12.6 Å². The second-order valence-electron chi connectivity index (χ2n) is 5.82. The third kappa shape index (κ3) is 4.42. The van der Waals surface area contributed by atoms with Crippen LogP contribution in [-0.4, -0.2) is 18.3 Å². The summed E-state index contributed by atoms with van der Waals surface area (Å²) < 4.78 is 0. The molecule has 0 saturated heterocycles. The second kappa shape index (κ2) is 7.96. The number of rotatable bonds is 7. The molecule has 0 aromatic heterocycles. The predicted octanol–water partition coefficient (Wildman–Crippen LogP) is 3.75. The molecule has 0 saturated carbocycles. The highest BCUT2D eigenvalue weighted by Crippen LogP contribution is 2.24. The molecule has 0 fully saturated rings. The van der Waals surface area contributed by atoms with E-state index in [0.29, 0.717) is 11.8 Å². The van der Waals surface area contributed by atoms with Crippen molar-refractivity contribution < 1.29 is 5.11 Å². The summed E-state index contributed by atoms with van der Waals surface area (Å²) in [5.74, 6) is 0.999. The van der Waals surface area contributed by atoms with Crippen molar-refractivity contribution in [1.82, 2.24) is 5.32 Å². The standard InChI is InChI=1S/C19H25NO/c1-15(2)18(16-9-5-3-6-10-16)13-20-19(14-21)17-11-7-4-8-12-17/h3-12,15,18-21H,13-14H2,1-2H3. The van der Waals surface area contributed by atoms with E-state index < -0.39 is 0 Å². The molecule has 2 rings (SSSR count). The van der Waals surface area contributed by atoms with Crippen LogP contribution in [0.25, 0.3) is 0 Å². The molecule has 2 atom stereocenters. The first-order chi connectivity index (χ1) is 10.2. The summed E-state index contributed by atoms with van der Waals surface area (Å²) in [7, 11) is 0. The minimum atomic E-state index is -0.00355. The van der Waals surface area contributed by atoms with Crippen LogP contribution >= 0.6 is 0 Å². The van der Waals surface area contributed by atoms with Crippen LogP contribution in [0, 0.1) is 5.92 Å². The zero-order valence-corrected chi connectivity index (χ0v) is 12.9. The maximum Gasteiger partial charge on any atom is 0.0626 e. The molecule has 2 aromatic rings. The van der Waals surface area contributed by atoms with Gasteiger partial charge < -0.3 is 10.4 Å². The van der Waals surface area contributed by atoms with Crippen molar-refractivity contribution >= 4 is 0 Å². The summed E-state index contributed by atoms with van der Waals surface area (Å²) in [6.45, 7) is 5.47. The van der Waals surface area contributed by atoms with Crippen LogP contribution in [0.5, 0.6) is 0 Å². The van der Waals surface area contributed by atoms with Crippen LogP contribution in [0.1, 0.15) is 36.9 Å². The van der Waals surface area contributed by atoms with Gasteiger partial charge >= 0.3 is 0 Å². The van der Waals surface area contributed by atoms with E-state index in [-0.39, 0.29) is 12.6 Å². The molecule has 0 aliphatic heterocycles. The van der Waals surface area contributed by atoms with E-state index in [4.69, 9.17) is 0 Å². The molecule has 112 valence electrons. The Balaban J connectivity index is 2.04. The van der Waals surface area contributed by atoms with Gasteiger partial charge in [-0.25, -0.2) is 0 Å². The Hall–Kier alpha value is -1.64. The Kier molecular flexibility index (Phi) is 5.97. The van der Waals surface area contributed by atoms with Gasteiger partial charge in [0.2, 0.25) is 0 Å². The highest BCUT2D eigenvalue weighted by molar-refractivity contribution is 5.22. The van der Waals surface area contributed by atoms with Gasteiger partial charge in [-0.2, -0.15) is 0 Å². The summed E-state index contributed by atoms with van der Waals surface area (Å²) >= 11 is 0. The molecule has 2 aromatic carbocycles. The first-order valence-electron chi connectivity index (χ1n) is 7.66. The lowest BCUT2D eigenvalue weighted by atomic mass is 9.88. The third-order valence-corrected chi connectivity index (χ3v) is 4.00. The van der Waals surface area contributed by atoms with Crippen molar-refractivity contribution in [1.29, 1.82) is 0 Å². The van der Waals surface area contributed by atoms with E-state index in [0.717, 1.165) is 12.1 Å². The number of hydrogen-bond acceptors (Lipinski definition) is 2. The number of aliphatic hydroxyl groups is 1. The zero-order chi connectivity index (χ0) is 15.1. The SMILES string of the molecule is CC(C)C(CNC(CO)c1ccccc1)c1ccccc1. The second-order valence-corrected chi connectivity index (χ2v) is 5.82. The van der Waals surface area contributed by atoms with Crippen molar-refractivity contribution in [3.63, 3.8) is 0 Å². The first kappa shape index (κ1) is 15.7. The summed E-state index contributed by atoms with van der Waals surface area (Å²) in [5, 5.41) is 13.2. The molecule has 21 heavy (non-hydrogen) atoms. The van der Waals surface area contributed by atoms with Gasteiger partial charge in [0.1, 0.15) is 0 Å². The smallest absolute Gasteiger partial charge is 0.0626 e. The fourth-order valence-electron chi connectivity index (χ4n) is 2.68. The monoisotopic (exact) mass is 283 g/mol. The molecule has 2 heteroatoms. The van der Waals surface area contributed by atoms with Crippen molar-refractivity contribution in [3.8, 4) is 0 Å². The van der Waals surface area contributed by atoms with E-state index in [1.165, 1.54) is 5.56 Å². The average Bonchev–Trinajstić information content (AvgIpc) is 2.53. The lowest BCUT2D eigenvalue weighted by Gasteiger charge is -2.25. The molecule has 0 aliphatic carbocycles. The Labute approximate surface area is 127 Å². The van der Waals surface area contributed by atoms with Crippen LogP contribution in [0.3, 0.4) is 0 Å². The molecular formula is C19H25NO. The van der Waals surface area contributed by atoms with Crippen LogP contribution in [0.2, 0.25) is 0 Å². The normalized spacial score (nSPS) is 14.1. The van der Waals surface area contributed by atoms with Crippen molar-refractivity contribution in [2.24, 2.45) is 5.92 Å². The molecule has 0 radical (unpaired) electrons. The molecule has 0 spiro atoms. The molecule has 0 amide bonds. The van der Waals surface area contributed by atoms with Crippen LogP contribution in [0.15, 0.2) is 60.7 Å². The molecule has 2 unspecified atom stereocenters. The van der Waals surface area contributed by atoms with Crippen molar-refractivity contribution in [3.05, 3.63) is 71.8 Å². The summed E-state index contributed by atoms with van der Waals surface area (Å²) in [4.78, 5) is 0. The van der Waals surface area contributed by atoms with Crippen molar-refractivity contribution in [2.45, 2.75) is 25.8 Å². The number of hydrogen-bond donors (Lipinski definition) is 2. The zero-order valence-electron chi connectivity index (χ0n) is 12.9. The lowest BCUT2D eigenvalue weighted by molar-refractivity contribution is 0.239. The van der Waals surface area contributed by atoms with Gasteiger partial charge in [0.25, 0.3) is 0 Å². The highest BCUT2D eigenvalue weighted by atomic mass is 16.3. The van der Waals surface area contributed by atoms with Crippen LogP contribution in [-0.2, 0) is 0 Å². The van der Waals surface area contributed by atoms with E-state index in [2.05, 4.69) is 61.6 Å². The number of nitrogens with one attached hydrogen (secondary N) is 1. The molecule has 0 heterocycles. The average molecular weight is 283 g/mol. The molecular weight excluding hydrogens is 258 g/mol. The van der Waals surface area contributed by atoms with Crippen LogP contribution in [0.4, 0.5) is 0 Å². The summed E-state index contributed by atoms with van der Waals surface area (Å²) in [6, 6.07) is 20.7. The van der Waals surface area contributed by atoms with E-state index >= 15 is 0 Å². The van der Waals surface area contributed by atoms with Crippen molar-refractivity contribution in [2.75, 3.05) is 13.2 Å². The number of benzene rings is 2. The predicted molar refractivity (Wildman–Crippen MR) is 88.3 cm³/mol. The summed E-state index contributed by atoms with van der Waals surface area (Å²) in [5.41, 5.74) is 2.49. The minimum Gasteiger partial charge on any atom is -0.394 e. The maximum atomic E-state index is 9.64. The lowest BCUT2D eigenvalue weighted by Crippen LogP contribution is -2.30. The van der Waals surface area contributed by atoms with Gasteiger partial charge in [-0.05, 0) is 23.0 Å². The summed E-state index contributed by atoms with van der Waals surface area (Å²) in [6.07, 6.45) is 0. The largest absolute Gasteiger partial charge is 0.394 e. The molecule has 2 N–H and O–H groups in total. The quantitative estimate of drug-likeness (QED) is 0.811. The topological polar surface area (TPSA) is 32.3 Å². The van der Waals surface area contributed by atoms with E-state index in [9.17, 15) is 5.11 Å². The fourth-order valence-corrected chi connectivity index (χ4v) is 2.68. The van der Waals surface area contributed by atoms with E-state index in [1.807, 2.05) is 18.2 Å². The highest BCUT2D eigenvalue weighted by Gasteiger charge is 2.18. The molecule has 0 bridgehead atoms. The van der Waals surface area contributed by atoms with Crippen LogP contribution < -0.4 is 5.32 Å².